The Bertz CT molecular complexity index is 348. The lowest BCUT2D eigenvalue weighted by Gasteiger charge is -2.06. The molecule has 16 heavy (non-hydrogen) atoms. The fourth-order valence-electron chi connectivity index (χ4n) is 1.63. The minimum absolute atomic E-state index is 0.115. The molecule has 2 nitrogen and oxygen atoms in total. The molecule has 0 spiro atoms. The molecular weight excluding hydrogens is 203 g/mol. The molecule has 3 heteroatoms. The Hall–Kier alpha value is -0.930. The third-order valence-electron chi connectivity index (χ3n) is 2.88. The van der Waals surface area contributed by atoms with E-state index in [0.717, 1.165) is 31.2 Å². The first-order chi connectivity index (χ1) is 7.75. The molecule has 1 saturated carbocycles. The van der Waals surface area contributed by atoms with Crippen molar-refractivity contribution >= 4 is 0 Å². The fourth-order valence-corrected chi connectivity index (χ4v) is 1.63. The molecule has 1 aromatic rings. The summed E-state index contributed by atoms with van der Waals surface area (Å²) >= 11 is 0. The molecular formula is C13H19FN2. The van der Waals surface area contributed by atoms with Crippen LogP contribution in [-0.4, -0.2) is 19.1 Å². The molecule has 0 saturated heterocycles. The van der Waals surface area contributed by atoms with Gasteiger partial charge in [-0.1, -0.05) is 12.1 Å². The second-order valence-electron chi connectivity index (χ2n) is 4.49. The first kappa shape index (κ1) is 11.6. The molecule has 0 atom stereocenters. The Morgan fingerprint density at radius 1 is 1.31 bits per heavy atom. The van der Waals surface area contributed by atoms with E-state index in [1.54, 1.807) is 13.0 Å². The molecule has 1 aliphatic rings. The summed E-state index contributed by atoms with van der Waals surface area (Å²) in [5, 5.41) is 6.73. The molecule has 2 N–H and O–H groups in total. The smallest absolute Gasteiger partial charge is 0.126 e. The average Bonchev–Trinajstić information content (AvgIpc) is 3.07. The Kier molecular flexibility index (Phi) is 3.91. The average molecular weight is 222 g/mol. The lowest BCUT2D eigenvalue weighted by molar-refractivity contribution is 0.597. The normalized spacial score (nSPS) is 15.4. The zero-order chi connectivity index (χ0) is 11.4. The molecule has 1 fully saturated rings. The van der Waals surface area contributed by atoms with Crippen molar-refractivity contribution < 1.29 is 4.39 Å². The van der Waals surface area contributed by atoms with Crippen LogP contribution in [0.5, 0.6) is 0 Å². The van der Waals surface area contributed by atoms with Gasteiger partial charge >= 0.3 is 0 Å². The second kappa shape index (κ2) is 5.41. The van der Waals surface area contributed by atoms with Crippen LogP contribution in [0.4, 0.5) is 4.39 Å². The van der Waals surface area contributed by atoms with Gasteiger partial charge in [0.1, 0.15) is 5.82 Å². The highest BCUT2D eigenvalue weighted by Crippen LogP contribution is 2.17. The van der Waals surface area contributed by atoms with Crippen molar-refractivity contribution in [2.24, 2.45) is 0 Å². The van der Waals surface area contributed by atoms with Gasteiger partial charge in [-0.15, -0.1) is 0 Å². The van der Waals surface area contributed by atoms with Gasteiger partial charge in [-0.25, -0.2) is 4.39 Å². The summed E-state index contributed by atoms with van der Waals surface area (Å²) in [5.74, 6) is -0.115. The highest BCUT2D eigenvalue weighted by atomic mass is 19.1. The van der Waals surface area contributed by atoms with E-state index >= 15 is 0 Å². The molecule has 0 aromatic heterocycles. The number of hydrogen-bond acceptors (Lipinski definition) is 2. The third-order valence-corrected chi connectivity index (χ3v) is 2.88. The molecule has 0 aliphatic heterocycles. The van der Waals surface area contributed by atoms with Gasteiger partial charge in [-0.3, -0.25) is 0 Å². The monoisotopic (exact) mass is 222 g/mol. The van der Waals surface area contributed by atoms with Crippen LogP contribution in [0.15, 0.2) is 18.2 Å². The van der Waals surface area contributed by atoms with Crippen LogP contribution in [0.2, 0.25) is 0 Å². The van der Waals surface area contributed by atoms with E-state index in [9.17, 15) is 4.39 Å². The van der Waals surface area contributed by atoms with Crippen LogP contribution < -0.4 is 10.6 Å². The molecule has 1 aliphatic carbocycles. The van der Waals surface area contributed by atoms with Crippen LogP contribution in [0.25, 0.3) is 0 Å². The first-order valence-corrected chi connectivity index (χ1v) is 5.95. The van der Waals surface area contributed by atoms with Crippen molar-refractivity contribution in [3.05, 3.63) is 35.1 Å². The summed E-state index contributed by atoms with van der Waals surface area (Å²) < 4.78 is 13.2. The summed E-state index contributed by atoms with van der Waals surface area (Å²) in [7, 11) is 0. The Morgan fingerprint density at radius 3 is 2.81 bits per heavy atom. The van der Waals surface area contributed by atoms with Crippen LogP contribution in [-0.2, 0) is 6.54 Å². The highest BCUT2D eigenvalue weighted by Gasteiger charge is 2.19. The van der Waals surface area contributed by atoms with Crippen molar-refractivity contribution in [1.82, 2.24) is 10.6 Å². The molecule has 0 heterocycles. The molecule has 0 radical (unpaired) electrons. The van der Waals surface area contributed by atoms with Crippen molar-refractivity contribution in [1.29, 1.82) is 0 Å². The van der Waals surface area contributed by atoms with E-state index < -0.39 is 0 Å². The summed E-state index contributed by atoms with van der Waals surface area (Å²) in [6.07, 6.45) is 2.65. The minimum atomic E-state index is -0.115. The maximum atomic E-state index is 13.2. The third kappa shape index (κ3) is 3.58. The van der Waals surface area contributed by atoms with E-state index in [4.69, 9.17) is 0 Å². The Morgan fingerprint density at radius 2 is 2.12 bits per heavy atom. The lowest BCUT2D eigenvalue weighted by atomic mass is 10.1. The summed E-state index contributed by atoms with van der Waals surface area (Å²) in [6.45, 7) is 4.46. The molecule has 88 valence electrons. The van der Waals surface area contributed by atoms with Crippen molar-refractivity contribution in [3.63, 3.8) is 0 Å². The molecule has 1 aromatic carbocycles. The molecule has 2 rings (SSSR count). The maximum absolute atomic E-state index is 13.2. The number of aryl methyl sites for hydroxylation is 1. The second-order valence-corrected chi connectivity index (χ2v) is 4.49. The highest BCUT2D eigenvalue weighted by molar-refractivity contribution is 5.23. The summed E-state index contributed by atoms with van der Waals surface area (Å²) in [5.41, 5.74) is 1.72. The number of hydrogen-bond donors (Lipinski definition) is 2. The predicted molar refractivity (Wildman–Crippen MR) is 63.9 cm³/mol. The van der Waals surface area contributed by atoms with Crippen molar-refractivity contribution in [3.8, 4) is 0 Å². The van der Waals surface area contributed by atoms with Crippen LogP contribution >= 0.6 is 0 Å². The summed E-state index contributed by atoms with van der Waals surface area (Å²) in [6, 6.07) is 6.17. The predicted octanol–water partition coefficient (Wildman–Crippen LogP) is 1.98. The molecule has 0 amide bonds. The Labute approximate surface area is 96.2 Å². The fraction of sp³-hybridized carbons (Fsp3) is 0.538. The number of nitrogens with one attached hydrogen (secondary N) is 2. The largest absolute Gasteiger partial charge is 0.313 e. The lowest BCUT2D eigenvalue weighted by Crippen LogP contribution is -2.28. The van der Waals surface area contributed by atoms with Gasteiger partial charge in [0.15, 0.2) is 0 Å². The van der Waals surface area contributed by atoms with Crippen LogP contribution in [0, 0.1) is 12.7 Å². The topological polar surface area (TPSA) is 24.1 Å². The van der Waals surface area contributed by atoms with Crippen LogP contribution in [0.1, 0.15) is 24.0 Å². The van der Waals surface area contributed by atoms with Crippen molar-refractivity contribution in [2.75, 3.05) is 13.1 Å². The Balaban J connectivity index is 1.65. The van der Waals surface area contributed by atoms with Gasteiger partial charge in [0.25, 0.3) is 0 Å². The maximum Gasteiger partial charge on any atom is 0.126 e. The van der Waals surface area contributed by atoms with E-state index in [0.29, 0.717) is 5.56 Å². The van der Waals surface area contributed by atoms with E-state index in [1.807, 2.05) is 12.1 Å². The van der Waals surface area contributed by atoms with E-state index in [2.05, 4.69) is 10.6 Å². The van der Waals surface area contributed by atoms with E-state index in [1.165, 1.54) is 12.8 Å². The molecule has 0 unspecified atom stereocenters. The standard InChI is InChI=1S/C13H19FN2/c1-10-2-3-11(8-13(10)14)9-15-6-7-16-12-4-5-12/h2-3,8,12,15-16H,4-7,9H2,1H3. The first-order valence-electron chi connectivity index (χ1n) is 5.95. The van der Waals surface area contributed by atoms with Gasteiger partial charge < -0.3 is 10.6 Å². The van der Waals surface area contributed by atoms with Gasteiger partial charge in [-0.2, -0.15) is 0 Å². The van der Waals surface area contributed by atoms with Gasteiger partial charge in [0.05, 0.1) is 0 Å². The summed E-state index contributed by atoms with van der Waals surface area (Å²) in [4.78, 5) is 0. The number of halogens is 1. The number of rotatable bonds is 6. The van der Waals surface area contributed by atoms with E-state index in [-0.39, 0.29) is 5.82 Å². The van der Waals surface area contributed by atoms with Crippen LogP contribution in [0.3, 0.4) is 0 Å². The number of benzene rings is 1. The molecule has 0 bridgehead atoms. The van der Waals surface area contributed by atoms with Gasteiger partial charge in [0.2, 0.25) is 0 Å². The quantitative estimate of drug-likeness (QED) is 0.719. The zero-order valence-corrected chi connectivity index (χ0v) is 9.72. The van der Waals surface area contributed by atoms with Gasteiger partial charge in [-0.05, 0) is 37.0 Å². The van der Waals surface area contributed by atoms with Crippen molar-refractivity contribution in [2.45, 2.75) is 32.4 Å². The zero-order valence-electron chi connectivity index (χ0n) is 9.72. The SMILES string of the molecule is Cc1ccc(CNCCNC2CC2)cc1F. The van der Waals surface area contributed by atoms with Gasteiger partial charge in [0, 0.05) is 25.7 Å². The minimum Gasteiger partial charge on any atom is -0.313 e.